The number of hydrogen-bond donors (Lipinski definition) is 1. The highest BCUT2D eigenvalue weighted by atomic mass is 79.9. The molecular formula is C17H17BrN4O3. The summed E-state index contributed by atoms with van der Waals surface area (Å²) >= 11 is 3.46. The average Bonchev–Trinajstić information content (AvgIpc) is 3.08. The molecule has 7 nitrogen and oxygen atoms in total. The van der Waals surface area contributed by atoms with E-state index in [1.807, 2.05) is 22.8 Å². The van der Waals surface area contributed by atoms with Gasteiger partial charge in [0.25, 0.3) is 5.91 Å². The number of imidazole rings is 1. The van der Waals surface area contributed by atoms with E-state index < -0.39 is 5.91 Å². The predicted octanol–water partition coefficient (Wildman–Crippen LogP) is 1.93. The number of rotatable bonds is 3. The maximum absolute atomic E-state index is 12.0. The molecule has 0 atom stereocenters. The Bertz CT molecular complexity index is 877. The van der Waals surface area contributed by atoms with E-state index in [1.54, 1.807) is 4.90 Å². The van der Waals surface area contributed by atoms with Crippen LogP contribution in [-0.2, 0) is 17.9 Å². The fourth-order valence-electron chi connectivity index (χ4n) is 3.39. The standard InChI is InChI=1S/C17H17BrN4O3/c18-10-3-4-13-11(8-10)17-20-15(16(19)24)12(22(17)6-7-25-13)9-21-5-1-2-14(21)23/h3-4,8H,1-2,5-7,9H2,(H2,19,24). The monoisotopic (exact) mass is 404 g/mol. The quantitative estimate of drug-likeness (QED) is 0.845. The van der Waals surface area contributed by atoms with Crippen LogP contribution in [0.4, 0.5) is 0 Å². The molecule has 1 aromatic carbocycles. The lowest BCUT2D eigenvalue weighted by molar-refractivity contribution is -0.128. The number of ether oxygens (including phenoxy) is 1. The highest BCUT2D eigenvalue weighted by Crippen LogP contribution is 2.36. The van der Waals surface area contributed by atoms with Crippen LogP contribution in [0.3, 0.4) is 0 Å². The van der Waals surface area contributed by atoms with Gasteiger partial charge in [0.2, 0.25) is 5.91 Å². The van der Waals surface area contributed by atoms with E-state index in [0.29, 0.717) is 49.9 Å². The maximum atomic E-state index is 12.0. The van der Waals surface area contributed by atoms with Gasteiger partial charge in [-0.2, -0.15) is 0 Å². The molecule has 4 rings (SSSR count). The summed E-state index contributed by atoms with van der Waals surface area (Å²) in [4.78, 5) is 30.2. The van der Waals surface area contributed by atoms with Crippen LogP contribution in [0.2, 0.25) is 0 Å². The molecule has 1 fully saturated rings. The number of nitrogens with zero attached hydrogens (tertiary/aromatic N) is 3. The van der Waals surface area contributed by atoms with Gasteiger partial charge in [-0.25, -0.2) is 4.98 Å². The largest absolute Gasteiger partial charge is 0.491 e. The van der Waals surface area contributed by atoms with Gasteiger partial charge in [-0.05, 0) is 24.6 Å². The van der Waals surface area contributed by atoms with Crippen molar-refractivity contribution in [2.24, 2.45) is 5.73 Å². The molecule has 2 aliphatic rings. The highest BCUT2D eigenvalue weighted by molar-refractivity contribution is 9.10. The van der Waals surface area contributed by atoms with Gasteiger partial charge in [0.15, 0.2) is 5.69 Å². The Kier molecular flexibility index (Phi) is 3.99. The first-order valence-electron chi connectivity index (χ1n) is 8.14. The van der Waals surface area contributed by atoms with Gasteiger partial charge in [-0.1, -0.05) is 15.9 Å². The van der Waals surface area contributed by atoms with Crippen molar-refractivity contribution in [3.05, 3.63) is 34.1 Å². The van der Waals surface area contributed by atoms with Crippen molar-refractivity contribution in [3.8, 4) is 17.1 Å². The molecule has 2 aliphatic heterocycles. The molecule has 3 heterocycles. The molecule has 2 aromatic rings. The van der Waals surface area contributed by atoms with Crippen molar-refractivity contribution in [2.45, 2.75) is 25.9 Å². The lowest BCUT2D eigenvalue weighted by Crippen LogP contribution is -2.27. The number of nitrogens with two attached hydrogens (primary N) is 1. The smallest absolute Gasteiger partial charge is 0.269 e. The first-order valence-corrected chi connectivity index (χ1v) is 8.93. The van der Waals surface area contributed by atoms with Crippen LogP contribution in [0.15, 0.2) is 22.7 Å². The zero-order valence-electron chi connectivity index (χ0n) is 13.5. The summed E-state index contributed by atoms with van der Waals surface area (Å²) in [6, 6.07) is 5.68. The molecule has 0 bridgehead atoms. The zero-order valence-corrected chi connectivity index (χ0v) is 15.1. The third-order valence-corrected chi connectivity index (χ3v) is 5.07. The van der Waals surface area contributed by atoms with Gasteiger partial charge in [0, 0.05) is 17.4 Å². The Morgan fingerprint density at radius 2 is 2.20 bits per heavy atom. The van der Waals surface area contributed by atoms with E-state index in [1.165, 1.54) is 0 Å². The molecule has 0 radical (unpaired) electrons. The second kappa shape index (κ2) is 6.18. The molecule has 0 spiro atoms. The van der Waals surface area contributed by atoms with E-state index in [4.69, 9.17) is 10.5 Å². The third-order valence-electron chi connectivity index (χ3n) is 4.57. The Morgan fingerprint density at radius 3 is 2.92 bits per heavy atom. The molecular weight excluding hydrogens is 388 g/mol. The number of hydrogen-bond acceptors (Lipinski definition) is 4. The molecule has 0 unspecified atom stereocenters. The number of primary amides is 1. The second-order valence-corrected chi connectivity index (χ2v) is 7.07. The van der Waals surface area contributed by atoms with E-state index in [0.717, 1.165) is 16.5 Å². The number of aromatic nitrogens is 2. The van der Waals surface area contributed by atoms with Crippen molar-refractivity contribution >= 4 is 27.7 Å². The van der Waals surface area contributed by atoms with E-state index in [2.05, 4.69) is 20.9 Å². The van der Waals surface area contributed by atoms with Crippen molar-refractivity contribution in [3.63, 3.8) is 0 Å². The number of carbonyl (C=O) groups is 2. The van der Waals surface area contributed by atoms with Crippen LogP contribution in [0.5, 0.6) is 5.75 Å². The van der Waals surface area contributed by atoms with Crippen LogP contribution >= 0.6 is 15.9 Å². The van der Waals surface area contributed by atoms with Crippen molar-refractivity contribution in [1.29, 1.82) is 0 Å². The summed E-state index contributed by atoms with van der Waals surface area (Å²) in [6.07, 6.45) is 1.39. The minimum absolute atomic E-state index is 0.0963. The number of carbonyl (C=O) groups excluding carboxylic acids is 2. The summed E-state index contributed by atoms with van der Waals surface area (Å²) in [6.45, 7) is 2.03. The normalized spacial score (nSPS) is 16.2. The van der Waals surface area contributed by atoms with Gasteiger partial charge in [-0.3, -0.25) is 9.59 Å². The van der Waals surface area contributed by atoms with E-state index >= 15 is 0 Å². The maximum Gasteiger partial charge on any atom is 0.269 e. The second-order valence-electron chi connectivity index (χ2n) is 6.15. The van der Waals surface area contributed by atoms with Crippen LogP contribution < -0.4 is 10.5 Å². The van der Waals surface area contributed by atoms with Crippen molar-refractivity contribution in [2.75, 3.05) is 13.2 Å². The molecule has 1 saturated heterocycles. The van der Waals surface area contributed by atoms with Crippen molar-refractivity contribution < 1.29 is 14.3 Å². The van der Waals surface area contributed by atoms with Gasteiger partial charge in [0.1, 0.15) is 18.2 Å². The molecule has 0 saturated carbocycles. The predicted molar refractivity (Wildman–Crippen MR) is 94.0 cm³/mol. The Morgan fingerprint density at radius 1 is 1.36 bits per heavy atom. The highest BCUT2D eigenvalue weighted by Gasteiger charge is 2.29. The minimum Gasteiger partial charge on any atom is -0.491 e. The summed E-state index contributed by atoms with van der Waals surface area (Å²) in [5.74, 6) is 0.870. The zero-order chi connectivity index (χ0) is 17.6. The number of fused-ring (bicyclic) bond motifs is 3. The Hall–Kier alpha value is -2.35. The SMILES string of the molecule is NC(=O)c1nc2n(c1CN1CCCC1=O)CCOc1ccc(Br)cc1-2. The first kappa shape index (κ1) is 16.1. The molecule has 8 heteroatoms. The fraction of sp³-hybridized carbons (Fsp3) is 0.353. The molecule has 2 N–H and O–H groups in total. The van der Waals surface area contributed by atoms with Gasteiger partial charge in [-0.15, -0.1) is 0 Å². The van der Waals surface area contributed by atoms with Crippen LogP contribution in [0, 0.1) is 0 Å². The topological polar surface area (TPSA) is 90.5 Å². The van der Waals surface area contributed by atoms with Gasteiger partial charge >= 0.3 is 0 Å². The third kappa shape index (κ3) is 2.80. The molecule has 2 amide bonds. The van der Waals surface area contributed by atoms with Crippen LogP contribution in [0.1, 0.15) is 29.0 Å². The average molecular weight is 405 g/mol. The van der Waals surface area contributed by atoms with Crippen LogP contribution in [-0.4, -0.2) is 39.4 Å². The lowest BCUT2D eigenvalue weighted by atomic mass is 10.2. The Balaban J connectivity index is 1.85. The summed E-state index contributed by atoms with van der Waals surface area (Å²) in [5.41, 5.74) is 7.26. The number of halogens is 1. The minimum atomic E-state index is -0.584. The first-order chi connectivity index (χ1) is 12.0. The lowest BCUT2D eigenvalue weighted by Gasteiger charge is -2.17. The summed E-state index contributed by atoms with van der Waals surface area (Å²) in [5, 5.41) is 0. The molecule has 0 aliphatic carbocycles. The van der Waals surface area contributed by atoms with E-state index in [9.17, 15) is 9.59 Å². The Labute approximate surface area is 152 Å². The van der Waals surface area contributed by atoms with Gasteiger partial charge < -0.3 is 19.9 Å². The van der Waals surface area contributed by atoms with Gasteiger partial charge in [0.05, 0.1) is 24.3 Å². The molecule has 1 aromatic heterocycles. The number of likely N-dealkylation sites (tertiary alicyclic amines) is 1. The number of amides is 2. The molecule has 130 valence electrons. The summed E-state index contributed by atoms with van der Waals surface area (Å²) < 4.78 is 8.65. The fourth-order valence-corrected chi connectivity index (χ4v) is 3.75. The van der Waals surface area contributed by atoms with E-state index in [-0.39, 0.29) is 11.6 Å². The summed E-state index contributed by atoms with van der Waals surface area (Å²) in [7, 11) is 0. The van der Waals surface area contributed by atoms with Crippen molar-refractivity contribution in [1.82, 2.24) is 14.5 Å². The van der Waals surface area contributed by atoms with Crippen LogP contribution in [0.25, 0.3) is 11.4 Å². The number of benzene rings is 1. The molecule has 25 heavy (non-hydrogen) atoms.